The topological polar surface area (TPSA) is 61.8 Å². The molecule has 0 radical (unpaired) electrons. The van der Waals surface area contributed by atoms with Gasteiger partial charge in [-0.15, -0.1) is 0 Å². The minimum atomic E-state index is -1.81. The van der Waals surface area contributed by atoms with E-state index >= 15 is 0 Å². The van der Waals surface area contributed by atoms with Gasteiger partial charge in [0.2, 0.25) is 0 Å². The van der Waals surface area contributed by atoms with Gasteiger partial charge in [-0.2, -0.15) is 0 Å². The molecule has 1 rings (SSSR count). The second-order valence-electron chi connectivity index (χ2n) is 5.44. The van der Waals surface area contributed by atoms with Crippen LogP contribution in [0.15, 0.2) is 54.6 Å². The van der Waals surface area contributed by atoms with Crippen molar-refractivity contribution in [1.82, 2.24) is 0 Å². The van der Waals surface area contributed by atoms with Gasteiger partial charge >= 0.3 is 17.9 Å². The molecule has 0 unspecified atom stereocenters. The lowest BCUT2D eigenvalue weighted by Gasteiger charge is -2.32. The van der Waals surface area contributed by atoms with E-state index in [1.165, 1.54) is 13.8 Å². The maximum Gasteiger partial charge on any atom is 0.376 e. The number of benzene rings is 1. The van der Waals surface area contributed by atoms with Crippen molar-refractivity contribution < 1.29 is 23.8 Å². The molecule has 0 aliphatic rings. The van der Waals surface area contributed by atoms with Crippen LogP contribution < -0.4 is 0 Å². The molecule has 0 heterocycles. The third-order valence-electron chi connectivity index (χ3n) is 3.12. The maximum absolute atomic E-state index is 12.0. The van der Waals surface area contributed by atoms with Crippen LogP contribution in [0.1, 0.15) is 32.8 Å². The van der Waals surface area contributed by atoms with Crippen LogP contribution in [-0.4, -0.2) is 24.5 Å². The predicted molar refractivity (Wildman–Crippen MR) is 90.9 cm³/mol. The van der Waals surface area contributed by atoms with Gasteiger partial charge in [0.15, 0.2) is 0 Å². The van der Waals surface area contributed by atoms with Crippen molar-refractivity contribution in [3.63, 3.8) is 0 Å². The highest BCUT2D eigenvalue weighted by atomic mass is 16.9. The van der Waals surface area contributed by atoms with Gasteiger partial charge in [-0.3, -0.25) is 0 Å². The fraction of sp³-hybridized carbons (Fsp3) is 0.368. The zero-order valence-corrected chi connectivity index (χ0v) is 14.5. The molecule has 0 atom stereocenters. The van der Waals surface area contributed by atoms with E-state index in [9.17, 15) is 9.59 Å². The molecule has 0 amide bonds. The summed E-state index contributed by atoms with van der Waals surface area (Å²) in [6.07, 6.45) is 0.649. The van der Waals surface area contributed by atoms with Crippen LogP contribution in [0.3, 0.4) is 0 Å². The Bertz CT molecular complexity index is 575. The Labute approximate surface area is 142 Å². The number of carbonyl (C=O) groups is 2. The summed E-state index contributed by atoms with van der Waals surface area (Å²) >= 11 is 0. The lowest BCUT2D eigenvalue weighted by molar-refractivity contribution is -0.344. The molecule has 5 heteroatoms. The minimum Gasteiger partial charge on any atom is -0.394 e. The molecule has 0 spiro atoms. The first-order chi connectivity index (χ1) is 11.3. The summed E-state index contributed by atoms with van der Waals surface area (Å²) in [5.74, 6) is -3.19. The van der Waals surface area contributed by atoms with E-state index in [1.54, 1.807) is 6.92 Å². The van der Waals surface area contributed by atoms with Crippen LogP contribution in [-0.2, 0) is 30.2 Å². The molecule has 0 fully saturated rings. The molecule has 0 N–H and O–H groups in total. The summed E-state index contributed by atoms with van der Waals surface area (Å²) in [5, 5.41) is 0. The van der Waals surface area contributed by atoms with Crippen molar-refractivity contribution in [2.75, 3.05) is 6.61 Å². The quantitative estimate of drug-likeness (QED) is 0.393. The summed E-state index contributed by atoms with van der Waals surface area (Å²) in [7, 11) is 0. The van der Waals surface area contributed by atoms with Gasteiger partial charge in [-0.25, -0.2) is 9.59 Å². The Balaban J connectivity index is 3.03. The number of hydrogen-bond donors (Lipinski definition) is 0. The second kappa shape index (κ2) is 9.03. The number of aryl methyl sites for hydroxylation is 1. The third kappa shape index (κ3) is 6.01. The summed E-state index contributed by atoms with van der Waals surface area (Å²) < 4.78 is 16.2. The molecule has 130 valence electrons. The zero-order chi connectivity index (χ0) is 18.2. The zero-order valence-electron chi connectivity index (χ0n) is 14.5. The van der Waals surface area contributed by atoms with E-state index in [0.717, 1.165) is 5.56 Å². The van der Waals surface area contributed by atoms with Gasteiger partial charge in [-0.1, -0.05) is 43.5 Å². The fourth-order valence-corrected chi connectivity index (χ4v) is 1.87. The monoisotopic (exact) mass is 332 g/mol. The Morgan fingerprint density at radius 3 is 1.92 bits per heavy atom. The number of rotatable bonds is 9. The molecular weight excluding hydrogens is 308 g/mol. The summed E-state index contributed by atoms with van der Waals surface area (Å²) in [4.78, 5) is 24.0. The average Bonchev–Trinajstić information content (AvgIpc) is 2.54. The Kier molecular flexibility index (Phi) is 7.39. The Hall–Kier alpha value is -2.40. The van der Waals surface area contributed by atoms with E-state index in [2.05, 4.69) is 13.2 Å². The summed E-state index contributed by atoms with van der Waals surface area (Å²) in [6, 6.07) is 9.56. The van der Waals surface area contributed by atoms with Gasteiger partial charge in [0.1, 0.15) is 0 Å². The van der Waals surface area contributed by atoms with Crippen molar-refractivity contribution >= 4 is 11.9 Å². The molecular formula is C19H24O5. The van der Waals surface area contributed by atoms with Gasteiger partial charge in [0.05, 0.1) is 13.0 Å². The number of hydrogen-bond acceptors (Lipinski definition) is 5. The van der Waals surface area contributed by atoms with E-state index in [1.807, 2.05) is 30.3 Å². The van der Waals surface area contributed by atoms with E-state index < -0.39 is 17.9 Å². The SMILES string of the molecule is C=C(C)C(=O)OC(CCc1ccccc1)(OCC)OC(=O)C(=C)C. The summed E-state index contributed by atoms with van der Waals surface area (Å²) in [5.41, 5.74) is 1.37. The van der Waals surface area contributed by atoms with Crippen molar-refractivity contribution in [1.29, 1.82) is 0 Å². The van der Waals surface area contributed by atoms with Crippen LogP contribution >= 0.6 is 0 Å². The van der Waals surface area contributed by atoms with E-state index in [4.69, 9.17) is 14.2 Å². The first-order valence-electron chi connectivity index (χ1n) is 7.75. The molecule has 0 aromatic heterocycles. The first-order valence-corrected chi connectivity index (χ1v) is 7.75. The molecule has 24 heavy (non-hydrogen) atoms. The van der Waals surface area contributed by atoms with Gasteiger partial charge < -0.3 is 14.2 Å². The fourth-order valence-electron chi connectivity index (χ4n) is 1.87. The molecule has 0 aliphatic carbocycles. The number of ether oxygens (including phenoxy) is 3. The number of esters is 2. The van der Waals surface area contributed by atoms with Crippen LogP contribution in [0.2, 0.25) is 0 Å². The lowest BCUT2D eigenvalue weighted by Crippen LogP contribution is -2.43. The predicted octanol–water partition coefficient (Wildman–Crippen LogP) is 3.55. The molecule has 0 bridgehead atoms. The average molecular weight is 332 g/mol. The normalized spacial score (nSPS) is 10.8. The van der Waals surface area contributed by atoms with Crippen LogP contribution in [0.25, 0.3) is 0 Å². The number of carbonyl (C=O) groups excluding carboxylic acids is 2. The van der Waals surface area contributed by atoms with Gasteiger partial charge in [0, 0.05) is 11.1 Å². The molecule has 0 saturated carbocycles. The Morgan fingerprint density at radius 2 is 1.50 bits per heavy atom. The van der Waals surface area contributed by atoms with Crippen molar-refractivity contribution in [3.8, 4) is 0 Å². The highest BCUT2D eigenvalue weighted by Gasteiger charge is 2.40. The molecule has 1 aromatic rings. The molecule has 0 saturated heterocycles. The third-order valence-corrected chi connectivity index (χ3v) is 3.12. The summed E-state index contributed by atoms with van der Waals surface area (Å²) in [6.45, 7) is 12.0. The minimum absolute atomic E-state index is 0.156. The molecule has 1 aromatic carbocycles. The molecule has 0 aliphatic heterocycles. The van der Waals surface area contributed by atoms with Gasteiger partial charge in [0.25, 0.3) is 0 Å². The van der Waals surface area contributed by atoms with Crippen LogP contribution in [0, 0.1) is 0 Å². The van der Waals surface area contributed by atoms with Crippen molar-refractivity contribution in [2.45, 2.75) is 39.6 Å². The highest BCUT2D eigenvalue weighted by molar-refractivity contribution is 5.88. The first kappa shape index (κ1) is 19.6. The highest BCUT2D eigenvalue weighted by Crippen LogP contribution is 2.25. The Morgan fingerprint density at radius 1 is 1.00 bits per heavy atom. The van der Waals surface area contributed by atoms with Gasteiger partial charge in [-0.05, 0) is 32.8 Å². The van der Waals surface area contributed by atoms with E-state index in [0.29, 0.717) is 6.42 Å². The van der Waals surface area contributed by atoms with E-state index in [-0.39, 0.29) is 24.2 Å². The standard InChI is InChI=1S/C19H24O5/c1-6-22-19(23-17(20)14(2)3,24-18(21)15(4)5)13-12-16-10-8-7-9-11-16/h7-11H,2,4,6,12-13H2,1,3,5H3. The maximum atomic E-state index is 12.0. The largest absolute Gasteiger partial charge is 0.394 e. The van der Waals surface area contributed by atoms with Crippen molar-refractivity contribution in [3.05, 3.63) is 60.2 Å². The van der Waals surface area contributed by atoms with Crippen molar-refractivity contribution in [2.24, 2.45) is 0 Å². The second-order valence-corrected chi connectivity index (χ2v) is 5.44. The molecule has 5 nitrogen and oxygen atoms in total. The lowest BCUT2D eigenvalue weighted by atomic mass is 10.1. The van der Waals surface area contributed by atoms with Crippen LogP contribution in [0.5, 0.6) is 0 Å². The van der Waals surface area contributed by atoms with Crippen LogP contribution in [0.4, 0.5) is 0 Å². The smallest absolute Gasteiger partial charge is 0.376 e.